The number of aromatic amines is 1. The number of aliphatic carboxylic acids is 1. The summed E-state index contributed by atoms with van der Waals surface area (Å²) in [6, 6.07) is 14.6. The van der Waals surface area contributed by atoms with Gasteiger partial charge in [0.15, 0.2) is 5.82 Å². The third kappa shape index (κ3) is 5.22. The lowest BCUT2D eigenvalue weighted by atomic mass is 9.98. The molecule has 1 aliphatic carbocycles. The van der Waals surface area contributed by atoms with Crippen LogP contribution >= 0.6 is 0 Å². The van der Waals surface area contributed by atoms with Gasteiger partial charge < -0.3 is 20.5 Å². The Bertz CT molecular complexity index is 1160. The summed E-state index contributed by atoms with van der Waals surface area (Å²) < 4.78 is 5.43. The summed E-state index contributed by atoms with van der Waals surface area (Å²) in [6.07, 6.45) is -1.07. The first kappa shape index (κ1) is 23.0. The molecule has 4 N–H and O–H groups in total. The average molecular weight is 463 g/mol. The number of ether oxygens (including phenoxy) is 1. The van der Waals surface area contributed by atoms with E-state index >= 15 is 0 Å². The molecule has 1 aliphatic rings. The van der Waals surface area contributed by atoms with Gasteiger partial charge in [-0.3, -0.25) is 14.7 Å². The zero-order chi connectivity index (χ0) is 24.1. The van der Waals surface area contributed by atoms with Crippen LogP contribution in [0.2, 0.25) is 0 Å². The van der Waals surface area contributed by atoms with Crippen molar-refractivity contribution in [3.05, 3.63) is 71.3 Å². The van der Waals surface area contributed by atoms with Crippen LogP contribution in [0.3, 0.4) is 0 Å². The fourth-order valence-corrected chi connectivity index (χ4v) is 4.09. The van der Waals surface area contributed by atoms with Crippen molar-refractivity contribution in [2.75, 3.05) is 13.2 Å². The Balaban J connectivity index is 1.35. The highest BCUT2D eigenvalue weighted by atomic mass is 16.5. The lowest BCUT2D eigenvalue weighted by molar-refractivity contribution is -0.139. The minimum absolute atomic E-state index is 0.0610. The molecule has 176 valence electrons. The molecule has 1 heterocycles. The van der Waals surface area contributed by atoms with E-state index in [1.54, 1.807) is 6.92 Å². The van der Waals surface area contributed by atoms with Crippen molar-refractivity contribution < 1.29 is 24.2 Å². The van der Waals surface area contributed by atoms with Gasteiger partial charge in [0.05, 0.1) is 6.42 Å². The first-order chi connectivity index (χ1) is 16.4. The van der Waals surface area contributed by atoms with E-state index in [1.165, 1.54) is 0 Å². The number of aryl methyl sites for hydroxylation is 1. The van der Waals surface area contributed by atoms with Gasteiger partial charge in [0, 0.05) is 18.9 Å². The Labute approximate surface area is 195 Å². The Morgan fingerprint density at radius 2 is 1.74 bits per heavy atom. The molecule has 2 amide bonds. The molecule has 10 nitrogen and oxygen atoms in total. The largest absolute Gasteiger partial charge is 0.481 e. The van der Waals surface area contributed by atoms with Crippen molar-refractivity contribution >= 4 is 18.0 Å². The van der Waals surface area contributed by atoms with Gasteiger partial charge in [0.1, 0.15) is 18.5 Å². The molecule has 4 rings (SSSR count). The maximum Gasteiger partial charge on any atom is 0.407 e. The standard InChI is InChI=1S/C24H25N5O5/c1-14-26-21(29-28-14)10-11-25-23(32)20(12-22(30)31)27-24(33)34-13-19-17-8-4-2-6-15(17)16-7-3-5-9-18(16)19/h2-9,19-20H,10-13H2,1H3,(H,25,32)(H,27,33)(H,30,31)(H,26,28,29). The van der Waals surface area contributed by atoms with Gasteiger partial charge in [-0.25, -0.2) is 9.78 Å². The zero-order valence-electron chi connectivity index (χ0n) is 18.6. The molecule has 10 heteroatoms. The van der Waals surface area contributed by atoms with Crippen molar-refractivity contribution in [1.82, 2.24) is 25.8 Å². The molecule has 0 bridgehead atoms. The van der Waals surface area contributed by atoms with Gasteiger partial charge in [-0.15, -0.1) is 0 Å². The molecule has 2 aromatic carbocycles. The van der Waals surface area contributed by atoms with E-state index in [0.29, 0.717) is 18.1 Å². The maximum atomic E-state index is 12.5. The Morgan fingerprint density at radius 1 is 1.09 bits per heavy atom. The summed E-state index contributed by atoms with van der Waals surface area (Å²) in [4.78, 5) is 40.4. The summed E-state index contributed by atoms with van der Waals surface area (Å²) in [5, 5.41) is 20.8. The normalized spacial score (nSPS) is 13.0. The molecular formula is C24H25N5O5. The van der Waals surface area contributed by atoms with Crippen LogP contribution in [0.4, 0.5) is 4.79 Å². The molecule has 0 spiro atoms. The summed E-state index contributed by atoms with van der Waals surface area (Å²) in [7, 11) is 0. The zero-order valence-corrected chi connectivity index (χ0v) is 18.6. The summed E-state index contributed by atoms with van der Waals surface area (Å²) in [5.74, 6) is -0.805. The van der Waals surface area contributed by atoms with E-state index < -0.39 is 30.4 Å². The highest BCUT2D eigenvalue weighted by Gasteiger charge is 2.30. The average Bonchev–Trinajstić information content (AvgIpc) is 3.37. The highest BCUT2D eigenvalue weighted by Crippen LogP contribution is 2.44. The van der Waals surface area contributed by atoms with E-state index in [2.05, 4.69) is 25.8 Å². The van der Waals surface area contributed by atoms with Crippen LogP contribution in [0.15, 0.2) is 48.5 Å². The molecule has 0 aliphatic heterocycles. The van der Waals surface area contributed by atoms with Crippen molar-refractivity contribution in [2.45, 2.75) is 31.7 Å². The van der Waals surface area contributed by atoms with Crippen molar-refractivity contribution in [1.29, 1.82) is 0 Å². The van der Waals surface area contributed by atoms with E-state index in [0.717, 1.165) is 22.3 Å². The number of hydrogen-bond donors (Lipinski definition) is 4. The van der Waals surface area contributed by atoms with E-state index in [-0.39, 0.29) is 19.1 Å². The van der Waals surface area contributed by atoms with E-state index in [9.17, 15) is 19.5 Å². The number of nitrogens with zero attached hydrogens (tertiary/aromatic N) is 2. The van der Waals surface area contributed by atoms with Gasteiger partial charge in [-0.1, -0.05) is 48.5 Å². The topological polar surface area (TPSA) is 146 Å². The number of aromatic nitrogens is 3. The third-order valence-corrected chi connectivity index (χ3v) is 5.62. The monoisotopic (exact) mass is 463 g/mol. The SMILES string of the molecule is Cc1nc(CCNC(=O)C(CC(=O)O)NC(=O)OCC2c3ccccc3-c3ccccc32)n[nH]1. The van der Waals surface area contributed by atoms with Crippen LogP contribution in [-0.4, -0.2) is 57.5 Å². The molecule has 1 atom stereocenters. The number of nitrogens with one attached hydrogen (secondary N) is 3. The number of carbonyl (C=O) groups is 3. The van der Waals surface area contributed by atoms with Crippen LogP contribution in [0.5, 0.6) is 0 Å². The second kappa shape index (κ2) is 10.2. The molecule has 34 heavy (non-hydrogen) atoms. The maximum absolute atomic E-state index is 12.5. The van der Waals surface area contributed by atoms with Crippen molar-refractivity contribution in [3.63, 3.8) is 0 Å². The summed E-state index contributed by atoms with van der Waals surface area (Å²) in [5.41, 5.74) is 4.30. The molecule has 0 saturated carbocycles. The molecular weight excluding hydrogens is 438 g/mol. The number of amides is 2. The molecule has 0 saturated heterocycles. The fraction of sp³-hybridized carbons (Fsp3) is 0.292. The van der Waals surface area contributed by atoms with Crippen LogP contribution in [-0.2, 0) is 20.7 Å². The second-order valence-electron chi connectivity index (χ2n) is 8.00. The van der Waals surface area contributed by atoms with Crippen LogP contribution in [0.25, 0.3) is 11.1 Å². The quantitative estimate of drug-likeness (QED) is 0.380. The number of benzene rings is 2. The number of fused-ring (bicyclic) bond motifs is 3. The predicted octanol–water partition coefficient (Wildman–Crippen LogP) is 2.15. The number of hydrogen-bond acceptors (Lipinski definition) is 6. The fourth-order valence-electron chi connectivity index (χ4n) is 4.09. The van der Waals surface area contributed by atoms with Crippen LogP contribution in [0, 0.1) is 6.92 Å². The number of rotatable bonds is 9. The minimum atomic E-state index is -1.28. The van der Waals surface area contributed by atoms with Crippen molar-refractivity contribution in [2.24, 2.45) is 0 Å². The number of carbonyl (C=O) groups excluding carboxylic acids is 2. The van der Waals surface area contributed by atoms with Gasteiger partial charge in [-0.2, -0.15) is 5.10 Å². The Morgan fingerprint density at radius 3 is 2.32 bits per heavy atom. The Kier molecular flexibility index (Phi) is 6.86. The lowest BCUT2D eigenvalue weighted by Crippen LogP contribution is -2.48. The lowest BCUT2D eigenvalue weighted by Gasteiger charge is -2.18. The van der Waals surface area contributed by atoms with Crippen molar-refractivity contribution in [3.8, 4) is 11.1 Å². The Hall–Kier alpha value is -4.21. The first-order valence-corrected chi connectivity index (χ1v) is 10.9. The van der Waals surface area contributed by atoms with Gasteiger partial charge in [0.25, 0.3) is 0 Å². The first-order valence-electron chi connectivity index (χ1n) is 10.9. The van der Waals surface area contributed by atoms with Gasteiger partial charge in [0.2, 0.25) is 5.91 Å². The van der Waals surface area contributed by atoms with Gasteiger partial charge >= 0.3 is 12.1 Å². The second-order valence-corrected chi connectivity index (χ2v) is 8.00. The molecule has 1 aromatic heterocycles. The number of alkyl carbamates (subject to hydrolysis) is 1. The summed E-state index contributed by atoms with van der Waals surface area (Å²) in [6.45, 7) is 2.01. The highest BCUT2D eigenvalue weighted by molar-refractivity contribution is 5.89. The number of carboxylic acids is 1. The molecule has 1 unspecified atom stereocenters. The molecule has 0 fully saturated rings. The van der Waals surface area contributed by atoms with Crippen LogP contribution < -0.4 is 10.6 Å². The molecule has 0 radical (unpaired) electrons. The number of H-pyrrole nitrogens is 1. The third-order valence-electron chi connectivity index (χ3n) is 5.62. The smallest absolute Gasteiger partial charge is 0.407 e. The number of carboxylic acid groups (broad SMARTS) is 1. The van der Waals surface area contributed by atoms with E-state index in [1.807, 2.05) is 48.5 Å². The van der Waals surface area contributed by atoms with Crippen LogP contribution in [0.1, 0.15) is 35.1 Å². The van der Waals surface area contributed by atoms with E-state index in [4.69, 9.17) is 4.74 Å². The minimum Gasteiger partial charge on any atom is -0.481 e. The molecule has 3 aromatic rings. The summed E-state index contributed by atoms with van der Waals surface area (Å²) >= 11 is 0. The predicted molar refractivity (Wildman–Crippen MR) is 122 cm³/mol. The van der Waals surface area contributed by atoms with Gasteiger partial charge in [-0.05, 0) is 29.2 Å².